The molecule has 1 saturated carbocycles. The minimum atomic E-state index is 0.165. The molecule has 3 nitrogen and oxygen atoms in total. The van der Waals surface area contributed by atoms with E-state index in [1.54, 1.807) is 7.11 Å². The second-order valence-electron chi connectivity index (χ2n) is 3.50. The Morgan fingerprint density at radius 2 is 2.31 bits per heavy atom. The van der Waals surface area contributed by atoms with Crippen LogP contribution in [0.25, 0.3) is 0 Å². The largest absolute Gasteiger partial charge is 0.481 e. The summed E-state index contributed by atoms with van der Waals surface area (Å²) in [6.07, 6.45) is 4.32. The molecule has 1 heterocycles. The highest BCUT2D eigenvalue weighted by Crippen LogP contribution is 2.39. The van der Waals surface area contributed by atoms with Crippen LogP contribution in [0.2, 0.25) is 0 Å². The summed E-state index contributed by atoms with van der Waals surface area (Å²) in [5, 5.41) is 0. The SMILES string of the molecule is COc1ccc([C@@H](N)C2CC2)cn1. The van der Waals surface area contributed by atoms with Crippen LogP contribution in [0, 0.1) is 5.92 Å². The van der Waals surface area contributed by atoms with Gasteiger partial charge in [-0.15, -0.1) is 0 Å². The third-order valence-corrected chi connectivity index (χ3v) is 2.48. The van der Waals surface area contributed by atoms with Crippen molar-refractivity contribution < 1.29 is 4.74 Å². The number of nitrogens with two attached hydrogens (primary N) is 1. The van der Waals surface area contributed by atoms with Crippen LogP contribution in [0.5, 0.6) is 5.88 Å². The summed E-state index contributed by atoms with van der Waals surface area (Å²) in [6.45, 7) is 0. The minimum absolute atomic E-state index is 0.165. The fourth-order valence-electron chi connectivity index (χ4n) is 1.44. The molecule has 0 spiro atoms. The van der Waals surface area contributed by atoms with Crippen molar-refractivity contribution in [3.05, 3.63) is 23.9 Å². The van der Waals surface area contributed by atoms with E-state index < -0.39 is 0 Å². The molecule has 2 rings (SSSR count). The fourth-order valence-corrected chi connectivity index (χ4v) is 1.44. The van der Waals surface area contributed by atoms with Gasteiger partial charge >= 0.3 is 0 Å². The monoisotopic (exact) mass is 178 g/mol. The first-order valence-electron chi connectivity index (χ1n) is 4.57. The number of rotatable bonds is 3. The van der Waals surface area contributed by atoms with E-state index in [1.165, 1.54) is 12.8 Å². The van der Waals surface area contributed by atoms with E-state index in [0.717, 1.165) is 5.56 Å². The highest BCUT2D eigenvalue weighted by atomic mass is 16.5. The zero-order valence-corrected chi connectivity index (χ0v) is 7.73. The lowest BCUT2D eigenvalue weighted by Crippen LogP contribution is -2.12. The van der Waals surface area contributed by atoms with Crippen molar-refractivity contribution in [2.45, 2.75) is 18.9 Å². The van der Waals surface area contributed by atoms with Crippen molar-refractivity contribution in [3.8, 4) is 5.88 Å². The van der Waals surface area contributed by atoms with Crippen LogP contribution in [0.4, 0.5) is 0 Å². The van der Waals surface area contributed by atoms with Crippen LogP contribution < -0.4 is 10.5 Å². The number of nitrogens with zero attached hydrogens (tertiary/aromatic N) is 1. The van der Waals surface area contributed by atoms with E-state index in [2.05, 4.69) is 4.98 Å². The molecular formula is C10H14N2O. The smallest absolute Gasteiger partial charge is 0.212 e. The van der Waals surface area contributed by atoms with Crippen LogP contribution in [0.1, 0.15) is 24.4 Å². The predicted octanol–water partition coefficient (Wildman–Crippen LogP) is 1.50. The number of aromatic nitrogens is 1. The maximum Gasteiger partial charge on any atom is 0.212 e. The van der Waals surface area contributed by atoms with Gasteiger partial charge in [0.1, 0.15) is 0 Å². The van der Waals surface area contributed by atoms with Crippen molar-refractivity contribution in [1.82, 2.24) is 4.98 Å². The van der Waals surface area contributed by atoms with Gasteiger partial charge in [0.2, 0.25) is 5.88 Å². The lowest BCUT2D eigenvalue weighted by molar-refractivity contribution is 0.397. The van der Waals surface area contributed by atoms with E-state index in [9.17, 15) is 0 Å². The van der Waals surface area contributed by atoms with Crippen molar-refractivity contribution in [1.29, 1.82) is 0 Å². The van der Waals surface area contributed by atoms with Crippen LogP contribution in [0.3, 0.4) is 0 Å². The van der Waals surface area contributed by atoms with Gasteiger partial charge in [0.05, 0.1) is 7.11 Å². The Labute approximate surface area is 77.9 Å². The highest BCUT2D eigenvalue weighted by Gasteiger charge is 2.29. The molecule has 1 aliphatic carbocycles. The molecule has 3 heteroatoms. The Balaban J connectivity index is 2.11. The van der Waals surface area contributed by atoms with Crippen LogP contribution in [-0.2, 0) is 0 Å². The highest BCUT2D eigenvalue weighted by molar-refractivity contribution is 5.21. The summed E-state index contributed by atoms with van der Waals surface area (Å²) in [5.74, 6) is 1.32. The Morgan fingerprint density at radius 1 is 1.54 bits per heavy atom. The molecule has 0 aromatic carbocycles. The van der Waals surface area contributed by atoms with E-state index >= 15 is 0 Å². The van der Waals surface area contributed by atoms with Crippen LogP contribution in [0.15, 0.2) is 18.3 Å². The van der Waals surface area contributed by atoms with Gasteiger partial charge in [-0.3, -0.25) is 0 Å². The maximum atomic E-state index is 6.01. The Kier molecular flexibility index (Phi) is 2.19. The van der Waals surface area contributed by atoms with Crippen molar-refractivity contribution in [2.75, 3.05) is 7.11 Å². The first kappa shape index (κ1) is 8.51. The summed E-state index contributed by atoms with van der Waals surface area (Å²) in [5.41, 5.74) is 7.13. The molecule has 0 unspecified atom stereocenters. The van der Waals surface area contributed by atoms with Gasteiger partial charge in [-0.05, 0) is 24.3 Å². The van der Waals surface area contributed by atoms with E-state index in [-0.39, 0.29) is 6.04 Å². The summed E-state index contributed by atoms with van der Waals surface area (Å²) in [6, 6.07) is 4.02. The van der Waals surface area contributed by atoms with Gasteiger partial charge in [-0.1, -0.05) is 6.07 Å². The van der Waals surface area contributed by atoms with Gasteiger partial charge in [0.25, 0.3) is 0 Å². The normalized spacial score (nSPS) is 18.3. The first-order valence-corrected chi connectivity index (χ1v) is 4.57. The summed E-state index contributed by atoms with van der Waals surface area (Å²) in [4.78, 5) is 4.13. The Bertz CT molecular complexity index is 279. The fraction of sp³-hybridized carbons (Fsp3) is 0.500. The van der Waals surface area contributed by atoms with Crippen molar-refractivity contribution in [2.24, 2.45) is 11.7 Å². The summed E-state index contributed by atoms with van der Waals surface area (Å²) in [7, 11) is 1.61. The molecule has 70 valence electrons. The Morgan fingerprint density at radius 3 is 2.77 bits per heavy atom. The van der Waals surface area contributed by atoms with Gasteiger partial charge in [-0.2, -0.15) is 0 Å². The molecule has 1 aromatic heterocycles. The van der Waals surface area contributed by atoms with E-state index in [4.69, 9.17) is 10.5 Å². The molecule has 13 heavy (non-hydrogen) atoms. The number of ether oxygens (including phenoxy) is 1. The molecular weight excluding hydrogens is 164 g/mol. The molecule has 2 N–H and O–H groups in total. The molecule has 0 amide bonds. The lowest BCUT2D eigenvalue weighted by atomic mass is 10.1. The first-order chi connectivity index (χ1) is 6.31. The third-order valence-electron chi connectivity index (χ3n) is 2.48. The minimum Gasteiger partial charge on any atom is -0.481 e. The number of hydrogen-bond acceptors (Lipinski definition) is 3. The van der Waals surface area contributed by atoms with Crippen LogP contribution >= 0.6 is 0 Å². The topological polar surface area (TPSA) is 48.1 Å². The maximum absolute atomic E-state index is 6.01. The second-order valence-corrected chi connectivity index (χ2v) is 3.50. The molecule has 1 fully saturated rings. The standard InChI is InChI=1S/C10H14N2O/c1-13-9-5-4-8(6-12-9)10(11)7-2-3-7/h4-7,10H,2-3,11H2,1H3/t10-/m0/s1. The summed E-state index contributed by atoms with van der Waals surface area (Å²) >= 11 is 0. The zero-order valence-electron chi connectivity index (χ0n) is 7.73. The van der Waals surface area contributed by atoms with Crippen LogP contribution in [-0.4, -0.2) is 12.1 Å². The van der Waals surface area contributed by atoms with Gasteiger partial charge in [-0.25, -0.2) is 4.98 Å². The number of methoxy groups -OCH3 is 1. The van der Waals surface area contributed by atoms with Gasteiger partial charge in [0.15, 0.2) is 0 Å². The van der Waals surface area contributed by atoms with Crippen molar-refractivity contribution in [3.63, 3.8) is 0 Å². The molecule has 0 radical (unpaired) electrons. The van der Waals surface area contributed by atoms with Crippen molar-refractivity contribution >= 4 is 0 Å². The summed E-state index contributed by atoms with van der Waals surface area (Å²) < 4.78 is 4.97. The Hall–Kier alpha value is -1.09. The lowest BCUT2D eigenvalue weighted by Gasteiger charge is -2.09. The predicted molar refractivity (Wildman–Crippen MR) is 50.4 cm³/mol. The average Bonchev–Trinajstić information content (AvgIpc) is 3.00. The molecule has 1 aliphatic rings. The quantitative estimate of drug-likeness (QED) is 0.763. The molecule has 0 saturated heterocycles. The third kappa shape index (κ3) is 1.80. The second kappa shape index (κ2) is 3.34. The molecule has 1 atom stereocenters. The number of hydrogen-bond donors (Lipinski definition) is 1. The zero-order chi connectivity index (χ0) is 9.26. The molecule has 0 bridgehead atoms. The van der Waals surface area contributed by atoms with Gasteiger partial charge < -0.3 is 10.5 Å². The van der Waals surface area contributed by atoms with E-state index in [0.29, 0.717) is 11.8 Å². The molecule has 1 aromatic rings. The number of pyridine rings is 1. The van der Waals surface area contributed by atoms with E-state index in [1.807, 2.05) is 18.3 Å². The average molecular weight is 178 g/mol. The molecule has 0 aliphatic heterocycles. The van der Waals surface area contributed by atoms with Gasteiger partial charge in [0, 0.05) is 18.3 Å².